The number of Topliss-reactive ketones (excluding diaryl/α,β-unsaturated/α-hetero) is 1. The molecule has 4 heteroatoms. The number of halogens is 2. The van der Waals surface area contributed by atoms with Gasteiger partial charge >= 0.3 is 0 Å². The van der Waals surface area contributed by atoms with Gasteiger partial charge in [-0.15, -0.1) is 0 Å². The first-order chi connectivity index (χ1) is 9.15. The molecule has 0 atom stereocenters. The molecule has 104 valence electrons. The summed E-state index contributed by atoms with van der Waals surface area (Å²) in [5.74, 6) is 0.299. The molecule has 19 heavy (non-hydrogen) atoms. The van der Waals surface area contributed by atoms with Crippen molar-refractivity contribution in [3.63, 3.8) is 0 Å². The molecule has 0 amide bonds. The van der Waals surface area contributed by atoms with Crippen molar-refractivity contribution in [2.45, 2.75) is 43.8 Å². The lowest BCUT2D eigenvalue weighted by atomic mass is 10.0. The van der Waals surface area contributed by atoms with Gasteiger partial charge in [0.1, 0.15) is 11.6 Å². The monoisotopic (exact) mass is 300 g/mol. The first kappa shape index (κ1) is 14.9. The fraction of sp³-hybridized carbons (Fsp3) is 0.533. The number of thioether (sulfide) groups is 1. The van der Waals surface area contributed by atoms with Gasteiger partial charge in [0.05, 0.1) is 5.75 Å². The Hall–Kier alpha value is -0.540. The number of hydrogen-bond acceptors (Lipinski definition) is 2. The van der Waals surface area contributed by atoms with Crippen LogP contribution in [0.15, 0.2) is 18.2 Å². The van der Waals surface area contributed by atoms with Crippen molar-refractivity contribution in [1.82, 2.24) is 0 Å². The Kier molecular flexibility index (Phi) is 5.71. The van der Waals surface area contributed by atoms with Crippen LogP contribution in [0.4, 0.5) is 4.39 Å². The van der Waals surface area contributed by atoms with Crippen LogP contribution in [0.3, 0.4) is 0 Å². The average Bonchev–Trinajstić information content (AvgIpc) is 2.42. The minimum absolute atomic E-state index is 0.128. The molecule has 0 heterocycles. The summed E-state index contributed by atoms with van der Waals surface area (Å²) in [5.41, 5.74) is 0.593. The summed E-state index contributed by atoms with van der Waals surface area (Å²) in [6.07, 6.45) is 6.56. The summed E-state index contributed by atoms with van der Waals surface area (Å²) in [4.78, 5) is 11.9. The van der Waals surface area contributed by atoms with Crippen molar-refractivity contribution >= 4 is 29.1 Å². The number of ketones is 1. The predicted molar refractivity (Wildman–Crippen MR) is 79.5 cm³/mol. The Balaban J connectivity index is 1.81. The maximum atomic E-state index is 13.1. The molecule has 1 aliphatic carbocycles. The summed E-state index contributed by atoms with van der Waals surface area (Å²) in [7, 11) is 0. The van der Waals surface area contributed by atoms with E-state index in [2.05, 4.69) is 0 Å². The van der Waals surface area contributed by atoms with E-state index in [9.17, 15) is 9.18 Å². The van der Waals surface area contributed by atoms with E-state index >= 15 is 0 Å². The highest BCUT2D eigenvalue weighted by molar-refractivity contribution is 8.00. The zero-order valence-corrected chi connectivity index (χ0v) is 12.4. The molecule has 1 saturated carbocycles. The van der Waals surface area contributed by atoms with Crippen molar-refractivity contribution in [2.24, 2.45) is 0 Å². The van der Waals surface area contributed by atoms with Gasteiger partial charge in [-0.05, 0) is 36.6 Å². The summed E-state index contributed by atoms with van der Waals surface area (Å²) in [6.45, 7) is 0. The fourth-order valence-corrected chi connectivity index (χ4v) is 3.76. The minimum atomic E-state index is -0.341. The third-order valence-corrected chi connectivity index (χ3v) is 5.23. The van der Waals surface area contributed by atoms with E-state index in [1.54, 1.807) is 11.8 Å². The largest absolute Gasteiger partial charge is 0.298 e. The summed E-state index contributed by atoms with van der Waals surface area (Å²) >= 11 is 7.71. The normalized spacial score (nSPS) is 16.5. The highest BCUT2D eigenvalue weighted by Crippen LogP contribution is 2.28. The molecule has 2 rings (SSSR count). The first-order valence-electron chi connectivity index (χ1n) is 6.72. The van der Waals surface area contributed by atoms with Gasteiger partial charge in [-0.25, -0.2) is 4.39 Å². The fourth-order valence-electron chi connectivity index (χ4n) is 2.38. The van der Waals surface area contributed by atoms with E-state index in [1.807, 2.05) is 0 Å². The van der Waals surface area contributed by atoms with Gasteiger partial charge in [-0.1, -0.05) is 30.9 Å². The van der Waals surface area contributed by atoms with Crippen LogP contribution in [0, 0.1) is 5.82 Å². The Morgan fingerprint density at radius 1 is 1.32 bits per heavy atom. The van der Waals surface area contributed by atoms with Crippen LogP contribution in [-0.4, -0.2) is 16.8 Å². The van der Waals surface area contributed by atoms with Crippen molar-refractivity contribution < 1.29 is 9.18 Å². The summed E-state index contributed by atoms with van der Waals surface area (Å²) in [5, 5.41) is 1.10. The molecule has 1 aromatic rings. The lowest BCUT2D eigenvalue weighted by Gasteiger charge is -2.20. The molecular formula is C15H18ClFOS. The van der Waals surface area contributed by atoms with Crippen LogP contribution in [-0.2, 0) is 11.2 Å². The van der Waals surface area contributed by atoms with Gasteiger partial charge in [-0.2, -0.15) is 11.8 Å². The number of carbonyl (C=O) groups excluding carboxylic acids is 1. The number of carbonyl (C=O) groups is 1. The third-order valence-electron chi connectivity index (χ3n) is 3.43. The molecule has 0 saturated heterocycles. The Morgan fingerprint density at radius 2 is 2.05 bits per heavy atom. The van der Waals surface area contributed by atoms with Gasteiger partial charge in [0, 0.05) is 16.7 Å². The number of hydrogen-bond donors (Lipinski definition) is 0. The summed E-state index contributed by atoms with van der Waals surface area (Å²) < 4.78 is 13.1. The van der Waals surface area contributed by atoms with Crippen LogP contribution >= 0.6 is 23.4 Å². The molecule has 0 radical (unpaired) electrons. The molecule has 0 unspecified atom stereocenters. The van der Waals surface area contributed by atoms with Crippen LogP contribution in [0.25, 0.3) is 0 Å². The Bertz CT molecular complexity index is 444. The second-order valence-electron chi connectivity index (χ2n) is 5.02. The zero-order valence-electron chi connectivity index (χ0n) is 10.8. The molecule has 0 spiro atoms. The highest BCUT2D eigenvalue weighted by Gasteiger charge is 2.16. The molecule has 0 N–H and O–H groups in total. The van der Waals surface area contributed by atoms with E-state index in [0.29, 0.717) is 21.6 Å². The van der Waals surface area contributed by atoms with Gasteiger partial charge in [0.15, 0.2) is 0 Å². The van der Waals surface area contributed by atoms with Gasteiger partial charge in [0.2, 0.25) is 0 Å². The molecule has 1 aromatic carbocycles. The van der Waals surface area contributed by atoms with Gasteiger partial charge < -0.3 is 0 Å². The maximum Gasteiger partial charge on any atom is 0.147 e. The van der Waals surface area contributed by atoms with E-state index in [0.717, 1.165) is 0 Å². The highest BCUT2D eigenvalue weighted by atomic mass is 35.5. The second-order valence-corrected chi connectivity index (χ2v) is 6.72. The third kappa shape index (κ3) is 4.81. The Morgan fingerprint density at radius 3 is 2.79 bits per heavy atom. The molecular weight excluding hydrogens is 283 g/mol. The lowest BCUT2D eigenvalue weighted by Crippen LogP contribution is -2.13. The van der Waals surface area contributed by atoms with E-state index < -0.39 is 0 Å². The molecule has 1 aliphatic rings. The van der Waals surface area contributed by atoms with Crippen molar-refractivity contribution in [1.29, 1.82) is 0 Å². The lowest BCUT2D eigenvalue weighted by molar-refractivity contribution is -0.116. The van der Waals surface area contributed by atoms with Gasteiger partial charge in [-0.3, -0.25) is 4.79 Å². The van der Waals surface area contributed by atoms with Crippen molar-refractivity contribution in [3.05, 3.63) is 34.6 Å². The topological polar surface area (TPSA) is 17.1 Å². The molecule has 0 aromatic heterocycles. The van der Waals surface area contributed by atoms with Crippen LogP contribution in [0.5, 0.6) is 0 Å². The van der Waals surface area contributed by atoms with Gasteiger partial charge in [0.25, 0.3) is 0 Å². The van der Waals surface area contributed by atoms with E-state index in [1.165, 1.54) is 50.3 Å². The van der Waals surface area contributed by atoms with Crippen LogP contribution in [0.2, 0.25) is 5.02 Å². The average molecular weight is 301 g/mol. The second kappa shape index (κ2) is 7.30. The molecule has 1 nitrogen and oxygen atoms in total. The first-order valence-corrected chi connectivity index (χ1v) is 8.15. The van der Waals surface area contributed by atoms with Crippen LogP contribution in [0.1, 0.15) is 37.7 Å². The van der Waals surface area contributed by atoms with E-state index in [4.69, 9.17) is 11.6 Å². The minimum Gasteiger partial charge on any atom is -0.298 e. The number of benzene rings is 1. The van der Waals surface area contributed by atoms with Crippen LogP contribution < -0.4 is 0 Å². The standard InChI is InChI=1S/C15H18ClFOS/c16-15-7-6-12(17)8-11(15)9-13(18)10-19-14-4-2-1-3-5-14/h6-8,14H,1-5,9-10H2. The Labute approximate surface area is 122 Å². The molecule has 1 fully saturated rings. The van der Waals surface area contributed by atoms with Crippen molar-refractivity contribution in [3.8, 4) is 0 Å². The molecule has 0 bridgehead atoms. The smallest absolute Gasteiger partial charge is 0.147 e. The SMILES string of the molecule is O=C(CSC1CCCCC1)Cc1cc(F)ccc1Cl. The quantitative estimate of drug-likeness (QED) is 0.787. The summed E-state index contributed by atoms with van der Waals surface area (Å²) in [6, 6.07) is 4.17. The predicted octanol–water partition coefficient (Wildman–Crippen LogP) is 4.66. The zero-order chi connectivity index (χ0) is 13.7. The maximum absolute atomic E-state index is 13.1. The van der Waals surface area contributed by atoms with E-state index in [-0.39, 0.29) is 18.0 Å². The van der Waals surface area contributed by atoms with Crippen molar-refractivity contribution in [2.75, 3.05) is 5.75 Å². The number of rotatable bonds is 5. The molecule has 0 aliphatic heterocycles.